The third-order valence-corrected chi connectivity index (χ3v) is 5.18. The van der Waals surface area contributed by atoms with Crippen LogP contribution < -0.4 is 10.5 Å². The fraction of sp³-hybridized carbons (Fsp3) is 0.900. The number of thiocarbonyl (C=S) groups is 1. The fourth-order valence-electron chi connectivity index (χ4n) is 1.73. The summed E-state index contributed by atoms with van der Waals surface area (Å²) in [5, 5.41) is 0. The van der Waals surface area contributed by atoms with Crippen LogP contribution in [0.2, 0.25) is 0 Å². The van der Waals surface area contributed by atoms with Crippen molar-refractivity contribution in [1.82, 2.24) is 4.72 Å². The lowest BCUT2D eigenvalue weighted by molar-refractivity contribution is 0.464. The molecule has 1 rings (SSSR count). The average molecular weight is 264 g/mol. The van der Waals surface area contributed by atoms with E-state index in [-0.39, 0.29) is 10.7 Å². The number of hydrogen-bond acceptors (Lipinski definition) is 3. The van der Waals surface area contributed by atoms with Gasteiger partial charge in [-0.05, 0) is 31.6 Å². The molecule has 0 bridgehead atoms. The van der Waals surface area contributed by atoms with Gasteiger partial charge in [-0.25, -0.2) is 13.1 Å². The summed E-state index contributed by atoms with van der Waals surface area (Å²) in [5.74, 6) is 0.535. The summed E-state index contributed by atoms with van der Waals surface area (Å²) >= 11 is 4.98. The highest BCUT2D eigenvalue weighted by Crippen LogP contribution is 2.30. The topological polar surface area (TPSA) is 72.2 Å². The predicted molar refractivity (Wildman–Crippen MR) is 69.7 cm³/mol. The molecule has 0 spiro atoms. The number of nitrogens with one attached hydrogen (secondary N) is 1. The first-order chi connectivity index (χ1) is 7.35. The van der Waals surface area contributed by atoms with E-state index >= 15 is 0 Å². The molecule has 3 N–H and O–H groups in total. The Labute approximate surface area is 103 Å². The molecule has 0 aromatic carbocycles. The van der Waals surface area contributed by atoms with Gasteiger partial charge in [-0.3, -0.25) is 0 Å². The van der Waals surface area contributed by atoms with Gasteiger partial charge in [0.2, 0.25) is 10.0 Å². The second-order valence-electron chi connectivity index (χ2n) is 4.48. The molecule has 16 heavy (non-hydrogen) atoms. The second-order valence-corrected chi connectivity index (χ2v) is 6.69. The normalized spacial score (nSPS) is 17.4. The molecule has 0 radical (unpaired) electrons. The van der Waals surface area contributed by atoms with Gasteiger partial charge < -0.3 is 5.73 Å². The van der Waals surface area contributed by atoms with Crippen LogP contribution in [0.5, 0.6) is 0 Å². The van der Waals surface area contributed by atoms with Gasteiger partial charge in [0.15, 0.2) is 0 Å². The SMILES string of the molecule is CCC(CC)(NS(=O)(=O)CC1CC1)C(N)=S. The molecule has 4 nitrogen and oxygen atoms in total. The van der Waals surface area contributed by atoms with Gasteiger partial charge in [0.25, 0.3) is 0 Å². The van der Waals surface area contributed by atoms with Gasteiger partial charge in [0.1, 0.15) is 0 Å². The molecule has 1 aliphatic rings. The monoisotopic (exact) mass is 264 g/mol. The molecule has 0 atom stereocenters. The smallest absolute Gasteiger partial charge is 0.212 e. The predicted octanol–water partition coefficient (Wildman–Crippen LogP) is 1.16. The summed E-state index contributed by atoms with van der Waals surface area (Å²) in [6, 6.07) is 0. The van der Waals surface area contributed by atoms with Crippen molar-refractivity contribution in [1.29, 1.82) is 0 Å². The quantitative estimate of drug-likeness (QED) is 0.677. The van der Waals surface area contributed by atoms with Gasteiger partial charge in [-0.15, -0.1) is 0 Å². The van der Waals surface area contributed by atoms with Crippen molar-refractivity contribution in [3.8, 4) is 0 Å². The first-order valence-electron chi connectivity index (χ1n) is 5.66. The van der Waals surface area contributed by atoms with Crippen LogP contribution in [-0.4, -0.2) is 24.7 Å². The highest BCUT2D eigenvalue weighted by Gasteiger charge is 2.36. The molecular formula is C10H20N2O2S2. The molecule has 1 fully saturated rings. The number of nitrogens with two attached hydrogens (primary N) is 1. The molecule has 0 aliphatic heterocycles. The lowest BCUT2D eigenvalue weighted by Crippen LogP contribution is -2.56. The highest BCUT2D eigenvalue weighted by molar-refractivity contribution is 7.89. The average Bonchev–Trinajstić information content (AvgIpc) is 2.97. The van der Waals surface area contributed by atoms with E-state index in [9.17, 15) is 8.42 Å². The molecule has 0 saturated heterocycles. The number of rotatable bonds is 7. The van der Waals surface area contributed by atoms with Crippen LogP contribution in [0.25, 0.3) is 0 Å². The third-order valence-electron chi connectivity index (χ3n) is 3.18. The van der Waals surface area contributed by atoms with E-state index in [2.05, 4.69) is 4.72 Å². The van der Waals surface area contributed by atoms with E-state index in [1.807, 2.05) is 13.8 Å². The summed E-state index contributed by atoms with van der Waals surface area (Å²) in [6.07, 6.45) is 3.20. The minimum absolute atomic E-state index is 0.206. The first kappa shape index (κ1) is 13.9. The molecule has 0 amide bonds. The summed E-state index contributed by atoms with van der Waals surface area (Å²) in [7, 11) is -3.26. The molecule has 94 valence electrons. The molecule has 1 saturated carbocycles. The maximum Gasteiger partial charge on any atom is 0.212 e. The van der Waals surface area contributed by atoms with Crippen LogP contribution in [0.1, 0.15) is 39.5 Å². The fourth-order valence-corrected chi connectivity index (χ4v) is 4.16. The van der Waals surface area contributed by atoms with Crippen molar-refractivity contribution in [2.45, 2.75) is 45.1 Å². The lowest BCUT2D eigenvalue weighted by Gasteiger charge is -2.31. The van der Waals surface area contributed by atoms with Crippen molar-refractivity contribution in [2.75, 3.05) is 5.75 Å². The van der Waals surface area contributed by atoms with E-state index < -0.39 is 15.6 Å². The van der Waals surface area contributed by atoms with Crippen LogP contribution in [0.4, 0.5) is 0 Å². The van der Waals surface area contributed by atoms with Crippen molar-refractivity contribution >= 4 is 27.2 Å². The summed E-state index contributed by atoms with van der Waals surface area (Å²) in [6.45, 7) is 3.78. The second kappa shape index (κ2) is 4.98. The first-order valence-corrected chi connectivity index (χ1v) is 7.73. The Balaban J connectivity index is 2.77. The molecule has 0 unspecified atom stereocenters. The van der Waals surface area contributed by atoms with Gasteiger partial charge in [0.05, 0.1) is 16.3 Å². The van der Waals surface area contributed by atoms with Gasteiger partial charge >= 0.3 is 0 Å². The number of sulfonamides is 1. The molecule has 1 aliphatic carbocycles. The Bertz CT molecular complexity index is 357. The zero-order valence-electron chi connectivity index (χ0n) is 9.82. The Kier molecular flexibility index (Phi) is 4.31. The molecule has 0 aromatic rings. The molecule has 6 heteroatoms. The zero-order valence-corrected chi connectivity index (χ0v) is 11.5. The summed E-state index contributed by atoms with van der Waals surface area (Å²) in [4.78, 5) is 0.233. The van der Waals surface area contributed by atoms with Crippen molar-refractivity contribution in [3.05, 3.63) is 0 Å². The van der Waals surface area contributed by atoms with Gasteiger partial charge in [-0.1, -0.05) is 26.1 Å². The van der Waals surface area contributed by atoms with E-state index in [0.29, 0.717) is 18.8 Å². The van der Waals surface area contributed by atoms with Crippen LogP contribution in [0.15, 0.2) is 0 Å². The third kappa shape index (κ3) is 3.40. The zero-order chi connectivity index (χ0) is 12.4. The Morgan fingerprint density at radius 2 is 1.94 bits per heavy atom. The van der Waals surface area contributed by atoms with Crippen molar-refractivity contribution < 1.29 is 8.42 Å². The summed E-state index contributed by atoms with van der Waals surface area (Å²) in [5.41, 5.74) is 4.90. The van der Waals surface area contributed by atoms with Gasteiger partial charge in [0, 0.05) is 0 Å². The summed E-state index contributed by atoms with van der Waals surface area (Å²) < 4.78 is 26.5. The minimum atomic E-state index is -3.26. The largest absolute Gasteiger partial charge is 0.392 e. The minimum Gasteiger partial charge on any atom is -0.392 e. The standard InChI is InChI=1S/C10H20N2O2S2/c1-3-10(4-2,9(11)15)12-16(13,14)7-8-5-6-8/h8,12H,3-7H2,1-2H3,(H2,11,15). The molecular weight excluding hydrogens is 244 g/mol. The van der Waals surface area contributed by atoms with Crippen molar-refractivity contribution in [3.63, 3.8) is 0 Å². The maximum absolute atomic E-state index is 11.9. The van der Waals surface area contributed by atoms with Crippen molar-refractivity contribution in [2.24, 2.45) is 11.7 Å². The maximum atomic E-state index is 11.9. The number of hydrogen-bond donors (Lipinski definition) is 2. The van der Waals surface area contributed by atoms with Crippen LogP contribution in [-0.2, 0) is 10.0 Å². The molecule has 0 aromatic heterocycles. The van der Waals surface area contributed by atoms with E-state index in [1.54, 1.807) is 0 Å². The Hall–Kier alpha value is -0.200. The lowest BCUT2D eigenvalue weighted by atomic mass is 9.94. The van der Waals surface area contributed by atoms with Gasteiger partial charge in [-0.2, -0.15) is 0 Å². The van der Waals surface area contributed by atoms with Crippen LogP contribution in [0.3, 0.4) is 0 Å². The van der Waals surface area contributed by atoms with E-state index in [1.165, 1.54) is 0 Å². The van der Waals surface area contributed by atoms with E-state index in [4.69, 9.17) is 18.0 Å². The molecule has 0 heterocycles. The Morgan fingerprint density at radius 1 is 1.44 bits per heavy atom. The Morgan fingerprint density at radius 3 is 2.25 bits per heavy atom. The van der Waals surface area contributed by atoms with E-state index in [0.717, 1.165) is 12.8 Å². The highest BCUT2D eigenvalue weighted by atomic mass is 32.2. The van der Waals surface area contributed by atoms with Crippen LogP contribution in [0, 0.1) is 5.92 Å². The van der Waals surface area contributed by atoms with Crippen LogP contribution >= 0.6 is 12.2 Å².